The van der Waals surface area contributed by atoms with Gasteiger partial charge in [0.05, 0.1) is 36.8 Å². The number of benzene rings is 1. The molecule has 0 aliphatic heterocycles. The fraction of sp³-hybridized carbons (Fsp3) is 0.167. The lowest BCUT2D eigenvalue weighted by atomic mass is 10.1. The van der Waals surface area contributed by atoms with Gasteiger partial charge in [0.25, 0.3) is 0 Å². The van der Waals surface area contributed by atoms with Gasteiger partial charge < -0.3 is 14.8 Å². The van der Waals surface area contributed by atoms with Crippen LogP contribution in [0.25, 0.3) is 5.65 Å². The number of esters is 2. The molecule has 3 rings (SSSR count). The Bertz CT molecular complexity index is 1050. The van der Waals surface area contributed by atoms with Crippen molar-refractivity contribution in [2.45, 2.75) is 5.16 Å². The van der Waals surface area contributed by atoms with Crippen molar-refractivity contribution < 1.29 is 23.9 Å². The van der Waals surface area contributed by atoms with Gasteiger partial charge in [-0.15, -0.1) is 10.2 Å². The molecule has 0 radical (unpaired) electrons. The van der Waals surface area contributed by atoms with E-state index in [4.69, 9.17) is 4.74 Å². The average Bonchev–Trinajstić information content (AvgIpc) is 3.14. The number of methoxy groups -OCH3 is 2. The highest BCUT2D eigenvalue weighted by Gasteiger charge is 2.18. The van der Waals surface area contributed by atoms with Gasteiger partial charge in [0.15, 0.2) is 10.8 Å². The number of rotatable bonds is 6. The molecule has 0 unspecified atom stereocenters. The van der Waals surface area contributed by atoms with Gasteiger partial charge in [0.2, 0.25) is 5.91 Å². The van der Waals surface area contributed by atoms with E-state index in [-0.39, 0.29) is 28.5 Å². The lowest BCUT2D eigenvalue weighted by molar-refractivity contribution is -0.113. The first-order valence-corrected chi connectivity index (χ1v) is 9.05. The maximum Gasteiger partial charge on any atom is 0.339 e. The van der Waals surface area contributed by atoms with Crippen molar-refractivity contribution in [2.75, 3.05) is 25.3 Å². The quantitative estimate of drug-likeness (QED) is 0.494. The monoisotopic (exact) mass is 400 g/mol. The maximum absolute atomic E-state index is 12.4. The van der Waals surface area contributed by atoms with Crippen LogP contribution in [0.2, 0.25) is 0 Å². The first-order valence-electron chi connectivity index (χ1n) is 8.06. The van der Waals surface area contributed by atoms with Crippen LogP contribution in [0.1, 0.15) is 20.7 Å². The molecule has 10 heteroatoms. The maximum atomic E-state index is 12.4. The van der Waals surface area contributed by atoms with E-state index in [0.717, 1.165) is 0 Å². The lowest BCUT2D eigenvalue weighted by Gasteiger charge is -2.11. The van der Waals surface area contributed by atoms with Crippen LogP contribution in [-0.2, 0) is 14.3 Å². The first kappa shape index (κ1) is 19.4. The molecule has 0 aliphatic rings. The van der Waals surface area contributed by atoms with Gasteiger partial charge in [0.1, 0.15) is 0 Å². The SMILES string of the molecule is COC(=O)c1ccc(C(=O)OC)c(NC(=O)CSc2nnc3ccccn23)c1. The minimum absolute atomic E-state index is 0.0265. The van der Waals surface area contributed by atoms with E-state index in [0.29, 0.717) is 10.8 Å². The number of amides is 1. The lowest BCUT2D eigenvalue weighted by Crippen LogP contribution is -2.18. The molecule has 0 saturated heterocycles. The summed E-state index contributed by atoms with van der Waals surface area (Å²) >= 11 is 1.19. The molecule has 3 aromatic rings. The fourth-order valence-electron chi connectivity index (χ4n) is 2.41. The summed E-state index contributed by atoms with van der Waals surface area (Å²) < 4.78 is 11.1. The molecule has 2 heterocycles. The number of aromatic nitrogens is 3. The summed E-state index contributed by atoms with van der Waals surface area (Å²) in [4.78, 5) is 36.1. The molecule has 2 aromatic heterocycles. The smallest absolute Gasteiger partial charge is 0.339 e. The molecule has 0 spiro atoms. The van der Waals surface area contributed by atoms with Crippen molar-refractivity contribution in [3.63, 3.8) is 0 Å². The number of carbonyl (C=O) groups excluding carboxylic acids is 3. The molecule has 0 saturated carbocycles. The molecule has 1 N–H and O–H groups in total. The molecule has 0 atom stereocenters. The Balaban J connectivity index is 1.76. The van der Waals surface area contributed by atoms with Gasteiger partial charge in [-0.25, -0.2) is 9.59 Å². The Morgan fingerprint density at radius 1 is 1.07 bits per heavy atom. The van der Waals surface area contributed by atoms with Crippen molar-refractivity contribution in [3.8, 4) is 0 Å². The number of ether oxygens (including phenoxy) is 2. The third-order valence-electron chi connectivity index (χ3n) is 3.73. The fourth-order valence-corrected chi connectivity index (χ4v) is 3.14. The summed E-state index contributed by atoms with van der Waals surface area (Å²) in [5, 5.41) is 11.2. The molecule has 0 bridgehead atoms. The minimum atomic E-state index is -0.636. The number of thioether (sulfide) groups is 1. The van der Waals surface area contributed by atoms with Crippen molar-refractivity contribution in [1.82, 2.24) is 14.6 Å². The predicted octanol–water partition coefficient (Wildman–Crippen LogP) is 2.03. The van der Waals surface area contributed by atoms with Crippen LogP contribution in [0.15, 0.2) is 47.8 Å². The summed E-state index contributed by atoms with van der Waals surface area (Å²) in [7, 11) is 2.47. The van der Waals surface area contributed by atoms with Gasteiger partial charge in [-0.2, -0.15) is 0 Å². The number of nitrogens with zero attached hydrogens (tertiary/aromatic N) is 3. The normalized spacial score (nSPS) is 10.5. The van der Waals surface area contributed by atoms with Crippen LogP contribution in [0, 0.1) is 0 Å². The van der Waals surface area contributed by atoms with Crippen LogP contribution < -0.4 is 5.32 Å². The highest BCUT2D eigenvalue weighted by atomic mass is 32.2. The Hall–Kier alpha value is -3.40. The van der Waals surface area contributed by atoms with Crippen LogP contribution in [0.3, 0.4) is 0 Å². The Labute approximate surface area is 164 Å². The molecule has 0 fully saturated rings. The van der Waals surface area contributed by atoms with Crippen LogP contribution in [0.4, 0.5) is 5.69 Å². The number of fused-ring (bicyclic) bond motifs is 1. The molecule has 9 nitrogen and oxygen atoms in total. The molecule has 1 amide bonds. The molecule has 1 aromatic carbocycles. The number of nitrogens with one attached hydrogen (secondary N) is 1. The van der Waals surface area contributed by atoms with E-state index in [9.17, 15) is 14.4 Å². The molecule has 0 aliphatic carbocycles. The van der Waals surface area contributed by atoms with Crippen molar-refractivity contribution in [3.05, 3.63) is 53.7 Å². The number of hydrogen-bond donors (Lipinski definition) is 1. The third-order valence-corrected chi connectivity index (χ3v) is 4.68. The van der Waals surface area contributed by atoms with Crippen molar-refractivity contribution in [1.29, 1.82) is 0 Å². The first-order chi connectivity index (χ1) is 13.5. The zero-order valence-electron chi connectivity index (χ0n) is 15.0. The van der Waals surface area contributed by atoms with Gasteiger partial charge >= 0.3 is 11.9 Å². The highest BCUT2D eigenvalue weighted by molar-refractivity contribution is 7.99. The number of carbonyl (C=O) groups is 3. The molecular formula is C18H16N4O5S. The average molecular weight is 400 g/mol. The van der Waals surface area contributed by atoms with Crippen molar-refractivity contribution in [2.24, 2.45) is 0 Å². The van der Waals surface area contributed by atoms with Crippen LogP contribution in [-0.4, -0.2) is 52.4 Å². The zero-order valence-corrected chi connectivity index (χ0v) is 15.9. The third kappa shape index (κ3) is 4.12. The summed E-state index contributed by atoms with van der Waals surface area (Å²) in [6.07, 6.45) is 1.80. The predicted molar refractivity (Wildman–Crippen MR) is 101 cm³/mol. The van der Waals surface area contributed by atoms with E-state index in [2.05, 4.69) is 20.3 Å². The van der Waals surface area contributed by atoms with Gasteiger partial charge in [-0.3, -0.25) is 9.20 Å². The highest BCUT2D eigenvalue weighted by Crippen LogP contribution is 2.21. The summed E-state index contributed by atoms with van der Waals surface area (Å²) in [5.41, 5.74) is 1.15. The van der Waals surface area contributed by atoms with Gasteiger partial charge in [-0.05, 0) is 30.3 Å². The zero-order chi connectivity index (χ0) is 20.1. The van der Waals surface area contributed by atoms with Crippen LogP contribution in [0.5, 0.6) is 0 Å². The second-order valence-electron chi connectivity index (χ2n) is 5.49. The van der Waals surface area contributed by atoms with E-state index in [1.54, 1.807) is 16.7 Å². The standard InChI is InChI=1S/C18H16N4O5S/c1-26-16(24)11-6-7-12(17(25)27-2)13(9-11)19-15(23)10-28-18-21-20-14-5-3-4-8-22(14)18/h3-9H,10H2,1-2H3,(H,19,23). The van der Waals surface area contributed by atoms with Gasteiger partial charge in [0, 0.05) is 6.20 Å². The topological polar surface area (TPSA) is 112 Å². The summed E-state index contributed by atoms with van der Waals surface area (Å²) in [6.45, 7) is 0. The van der Waals surface area contributed by atoms with Crippen LogP contribution >= 0.6 is 11.8 Å². The largest absolute Gasteiger partial charge is 0.465 e. The van der Waals surface area contributed by atoms with E-state index >= 15 is 0 Å². The number of hydrogen-bond acceptors (Lipinski definition) is 8. The van der Waals surface area contributed by atoms with E-state index in [1.165, 1.54) is 44.2 Å². The summed E-state index contributed by atoms with van der Waals surface area (Å²) in [5.74, 6) is -1.58. The van der Waals surface area contributed by atoms with E-state index < -0.39 is 11.9 Å². The van der Waals surface area contributed by atoms with Gasteiger partial charge in [-0.1, -0.05) is 17.8 Å². The van der Waals surface area contributed by atoms with E-state index in [1.807, 2.05) is 12.1 Å². The molecule has 144 valence electrons. The number of anilines is 1. The second kappa shape index (κ2) is 8.53. The minimum Gasteiger partial charge on any atom is -0.465 e. The second-order valence-corrected chi connectivity index (χ2v) is 6.43. The Kier molecular flexibility index (Phi) is 5.90. The molecular weight excluding hydrogens is 384 g/mol. The molecule has 28 heavy (non-hydrogen) atoms. The summed E-state index contributed by atoms with van der Waals surface area (Å²) in [6, 6.07) is 9.66. The Morgan fingerprint density at radius 3 is 2.61 bits per heavy atom. The number of pyridine rings is 1. The van der Waals surface area contributed by atoms with Crippen molar-refractivity contribution >= 4 is 40.9 Å². The Morgan fingerprint density at radius 2 is 1.86 bits per heavy atom.